The van der Waals surface area contributed by atoms with E-state index >= 15 is 0 Å². The fourth-order valence-electron chi connectivity index (χ4n) is 2.15. The molecule has 5 heteroatoms. The van der Waals surface area contributed by atoms with Gasteiger partial charge < -0.3 is 5.32 Å². The van der Waals surface area contributed by atoms with Crippen molar-refractivity contribution in [3.05, 3.63) is 0 Å². The summed E-state index contributed by atoms with van der Waals surface area (Å²) in [5.74, 6) is 0. The Morgan fingerprint density at radius 3 is 1.95 bits per heavy atom. The fraction of sp³-hybridized carbons (Fsp3) is 0.882. The minimum absolute atomic E-state index is 0.458. The van der Waals surface area contributed by atoms with Crippen LogP contribution >= 0.6 is 11.8 Å². The summed E-state index contributed by atoms with van der Waals surface area (Å²) in [5, 5.41) is 7.14. The van der Waals surface area contributed by atoms with E-state index in [2.05, 4.69) is 17.4 Å². The number of nitrogens with one attached hydrogen (secondary N) is 1. The molecule has 0 aromatic heterocycles. The molecule has 0 spiro atoms. The van der Waals surface area contributed by atoms with Crippen molar-refractivity contribution in [3.8, 4) is 0 Å². The van der Waals surface area contributed by atoms with Crippen LogP contribution in [-0.4, -0.2) is 23.9 Å². The molecule has 0 aromatic rings. The predicted octanol–water partition coefficient (Wildman–Crippen LogP) is 5.72. The summed E-state index contributed by atoms with van der Waals surface area (Å²) in [6.07, 6.45) is 15.8. The number of hydrogen-bond donors (Lipinski definition) is 1. The number of rotatable bonds is 13. The second kappa shape index (κ2) is 16.7. The average molecular weight is 331 g/mol. The van der Waals surface area contributed by atoms with Gasteiger partial charge in [-0.05, 0) is 19.6 Å². The Hall–Kier alpha value is -0.710. The monoisotopic (exact) mass is 330 g/mol. The summed E-state index contributed by atoms with van der Waals surface area (Å²) in [7, 11) is 0. The van der Waals surface area contributed by atoms with Gasteiger partial charge in [0.2, 0.25) is 0 Å². The lowest BCUT2D eigenvalue weighted by atomic mass is 10.1. The molecule has 0 aromatic carbocycles. The van der Waals surface area contributed by atoms with Crippen LogP contribution in [0.15, 0.2) is 5.16 Å². The average Bonchev–Trinajstić information content (AvgIpc) is 2.53. The fourth-order valence-corrected chi connectivity index (χ4v) is 2.27. The number of oxime groups is 1. The first kappa shape index (κ1) is 21.3. The summed E-state index contributed by atoms with van der Waals surface area (Å²) < 4.78 is 0. The molecule has 0 heterocycles. The van der Waals surface area contributed by atoms with Crippen LogP contribution in [0.5, 0.6) is 0 Å². The lowest BCUT2D eigenvalue weighted by Gasteiger charge is -2.04. The normalized spacial score (nSPS) is 11.5. The molecule has 22 heavy (non-hydrogen) atoms. The van der Waals surface area contributed by atoms with Gasteiger partial charge in [-0.3, -0.25) is 4.84 Å². The Kier molecular flexibility index (Phi) is 16.1. The first-order valence-electron chi connectivity index (χ1n) is 8.74. The van der Waals surface area contributed by atoms with E-state index in [1.54, 1.807) is 0 Å². The third-order valence-corrected chi connectivity index (χ3v) is 4.27. The molecule has 0 saturated carbocycles. The number of carbonyl (C=O) groups is 1. The maximum atomic E-state index is 11.3. The van der Waals surface area contributed by atoms with Gasteiger partial charge in [0, 0.05) is 6.54 Å². The number of hydrogen-bond acceptors (Lipinski definition) is 4. The van der Waals surface area contributed by atoms with Crippen LogP contribution in [0.3, 0.4) is 0 Å². The van der Waals surface area contributed by atoms with Crippen LogP contribution in [0, 0.1) is 0 Å². The SMILES string of the molecule is CCCCCCCCCCCCCNC(=O)ON=C(C)SC. The van der Waals surface area contributed by atoms with Gasteiger partial charge in [-0.2, -0.15) is 0 Å². The predicted molar refractivity (Wildman–Crippen MR) is 97.6 cm³/mol. The van der Waals surface area contributed by atoms with E-state index in [1.165, 1.54) is 76.0 Å². The molecule has 0 rings (SSSR count). The zero-order valence-corrected chi connectivity index (χ0v) is 15.5. The third-order valence-electron chi connectivity index (χ3n) is 3.60. The molecule has 0 aliphatic rings. The van der Waals surface area contributed by atoms with E-state index in [0.29, 0.717) is 6.54 Å². The van der Waals surface area contributed by atoms with Crippen LogP contribution in [0.25, 0.3) is 0 Å². The molecule has 0 atom stereocenters. The van der Waals surface area contributed by atoms with Crippen molar-refractivity contribution >= 4 is 22.9 Å². The topological polar surface area (TPSA) is 50.7 Å². The quantitative estimate of drug-likeness (QED) is 0.154. The maximum Gasteiger partial charge on any atom is 0.433 e. The Bertz CT molecular complexity index is 296. The molecule has 130 valence electrons. The van der Waals surface area contributed by atoms with Crippen molar-refractivity contribution < 1.29 is 9.63 Å². The number of nitrogens with zero attached hydrogens (tertiary/aromatic N) is 1. The maximum absolute atomic E-state index is 11.3. The first-order valence-corrected chi connectivity index (χ1v) is 9.96. The third kappa shape index (κ3) is 15.7. The molecule has 0 aliphatic heterocycles. The Morgan fingerprint density at radius 1 is 0.955 bits per heavy atom. The number of amides is 1. The van der Waals surface area contributed by atoms with Crippen LogP contribution in [0.4, 0.5) is 4.79 Å². The molecule has 0 aliphatic carbocycles. The van der Waals surface area contributed by atoms with Gasteiger partial charge in [-0.1, -0.05) is 76.3 Å². The van der Waals surface area contributed by atoms with E-state index in [4.69, 9.17) is 4.84 Å². The standard InChI is InChI=1S/C17H34N2O2S/c1-4-5-6-7-8-9-10-11-12-13-14-15-18-17(20)21-19-16(2)22-3/h4-15H2,1-3H3,(H,18,20). The highest BCUT2D eigenvalue weighted by molar-refractivity contribution is 8.13. The highest BCUT2D eigenvalue weighted by atomic mass is 32.2. The van der Waals surface area contributed by atoms with Crippen molar-refractivity contribution in [3.63, 3.8) is 0 Å². The minimum atomic E-state index is -0.458. The molecule has 0 radical (unpaired) electrons. The van der Waals surface area contributed by atoms with Crippen LogP contribution in [0.1, 0.15) is 84.5 Å². The van der Waals surface area contributed by atoms with E-state index in [0.717, 1.165) is 11.5 Å². The second-order valence-electron chi connectivity index (χ2n) is 5.66. The molecule has 0 bridgehead atoms. The molecular formula is C17H34N2O2S. The number of carbonyl (C=O) groups excluding carboxylic acids is 1. The van der Waals surface area contributed by atoms with Gasteiger partial charge >= 0.3 is 6.09 Å². The van der Waals surface area contributed by atoms with Crippen LogP contribution < -0.4 is 5.32 Å². The van der Waals surface area contributed by atoms with Gasteiger partial charge in [0.1, 0.15) is 5.04 Å². The van der Waals surface area contributed by atoms with Gasteiger partial charge in [0.15, 0.2) is 0 Å². The van der Waals surface area contributed by atoms with Crippen molar-refractivity contribution in [2.75, 3.05) is 12.8 Å². The van der Waals surface area contributed by atoms with E-state index < -0.39 is 6.09 Å². The molecule has 1 amide bonds. The summed E-state index contributed by atoms with van der Waals surface area (Å²) in [6, 6.07) is 0. The van der Waals surface area contributed by atoms with Crippen molar-refractivity contribution in [2.45, 2.75) is 84.5 Å². The lowest BCUT2D eigenvalue weighted by Crippen LogP contribution is -2.23. The molecule has 0 saturated heterocycles. The molecule has 4 nitrogen and oxygen atoms in total. The highest BCUT2D eigenvalue weighted by Crippen LogP contribution is 2.11. The van der Waals surface area contributed by atoms with Crippen molar-refractivity contribution in [1.29, 1.82) is 0 Å². The van der Waals surface area contributed by atoms with E-state index in [1.807, 2.05) is 13.2 Å². The summed E-state index contributed by atoms with van der Waals surface area (Å²) in [6.45, 7) is 4.73. The molecule has 0 unspecified atom stereocenters. The second-order valence-corrected chi connectivity index (χ2v) is 6.65. The van der Waals surface area contributed by atoms with Crippen LogP contribution in [0.2, 0.25) is 0 Å². The first-order chi connectivity index (χ1) is 10.7. The smallest absolute Gasteiger partial charge is 0.320 e. The largest absolute Gasteiger partial charge is 0.433 e. The van der Waals surface area contributed by atoms with E-state index in [-0.39, 0.29) is 0 Å². The molecule has 0 fully saturated rings. The van der Waals surface area contributed by atoms with Crippen molar-refractivity contribution in [1.82, 2.24) is 5.32 Å². The zero-order valence-electron chi connectivity index (χ0n) is 14.7. The molecular weight excluding hydrogens is 296 g/mol. The highest BCUT2D eigenvalue weighted by Gasteiger charge is 2.00. The van der Waals surface area contributed by atoms with Gasteiger partial charge in [-0.25, -0.2) is 4.79 Å². The zero-order chi connectivity index (χ0) is 16.5. The number of thioether (sulfide) groups is 1. The van der Waals surface area contributed by atoms with Crippen molar-refractivity contribution in [2.24, 2.45) is 5.16 Å². The lowest BCUT2D eigenvalue weighted by molar-refractivity contribution is 0.151. The van der Waals surface area contributed by atoms with E-state index in [9.17, 15) is 4.79 Å². The Labute approximate surface area is 140 Å². The number of unbranched alkanes of at least 4 members (excludes halogenated alkanes) is 10. The molecule has 1 N–H and O–H groups in total. The van der Waals surface area contributed by atoms with Crippen LogP contribution in [-0.2, 0) is 4.84 Å². The summed E-state index contributed by atoms with van der Waals surface area (Å²) in [5.41, 5.74) is 0. The summed E-state index contributed by atoms with van der Waals surface area (Å²) >= 11 is 1.46. The Balaban J connectivity index is 3.21. The Morgan fingerprint density at radius 2 is 1.45 bits per heavy atom. The van der Waals surface area contributed by atoms with Gasteiger partial charge in [-0.15, -0.1) is 11.8 Å². The minimum Gasteiger partial charge on any atom is -0.320 e. The van der Waals surface area contributed by atoms with Gasteiger partial charge in [0.25, 0.3) is 0 Å². The summed E-state index contributed by atoms with van der Waals surface area (Å²) in [4.78, 5) is 16.0. The van der Waals surface area contributed by atoms with Gasteiger partial charge in [0.05, 0.1) is 0 Å².